The highest BCUT2D eigenvalue weighted by atomic mass is 16.5. The topological polar surface area (TPSA) is 162 Å². The van der Waals surface area contributed by atoms with E-state index in [-0.39, 0.29) is 43.7 Å². The lowest BCUT2D eigenvalue weighted by atomic mass is 10.1. The molecule has 3 rings (SSSR count). The van der Waals surface area contributed by atoms with Gasteiger partial charge in [0.15, 0.2) is 0 Å². The summed E-state index contributed by atoms with van der Waals surface area (Å²) in [7, 11) is 1.45. The third-order valence-electron chi connectivity index (χ3n) is 5.76. The Morgan fingerprint density at radius 2 is 1.83 bits per heavy atom. The van der Waals surface area contributed by atoms with Crippen LogP contribution in [0.15, 0.2) is 24.3 Å². The number of carbonyl (C=O) groups excluding carboxylic acids is 7. The van der Waals surface area contributed by atoms with Crippen molar-refractivity contribution in [2.24, 2.45) is 0 Å². The second kappa shape index (κ2) is 11.4. The van der Waals surface area contributed by atoms with Crippen LogP contribution in [0.2, 0.25) is 0 Å². The molecule has 0 bridgehead atoms. The van der Waals surface area contributed by atoms with Crippen molar-refractivity contribution in [3.63, 3.8) is 0 Å². The molecule has 2 N–H and O–H groups in total. The maximum Gasteiger partial charge on any atom is 0.358 e. The monoisotopic (exact) mass is 501 g/mol. The summed E-state index contributed by atoms with van der Waals surface area (Å²) in [6.07, 6.45) is 0.643. The molecule has 2 unspecified atom stereocenters. The number of amides is 5. The molecule has 36 heavy (non-hydrogen) atoms. The Morgan fingerprint density at radius 1 is 1.14 bits per heavy atom. The van der Waals surface area contributed by atoms with E-state index >= 15 is 0 Å². The van der Waals surface area contributed by atoms with Gasteiger partial charge >= 0.3 is 11.9 Å². The lowest BCUT2D eigenvalue weighted by molar-refractivity contribution is -0.155. The Hall–Kier alpha value is -4.29. The molecule has 13 nitrogen and oxygen atoms in total. The summed E-state index contributed by atoms with van der Waals surface area (Å²) in [6, 6.07) is 2.66. The summed E-state index contributed by atoms with van der Waals surface area (Å²) in [5.41, 5.74) is 2.30. The number of nitrogens with zero attached hydrogens (tertiary/aromatic N) is 3. The lowest BCUT2D eigenvalue weighted by Gasteiger charge is -2.42. The van der Waals surface area contributed by atoms with Gasteiger partial charge in [0, 0.05) is 24.9 Å². The zero-order chi connectivity index (χ0) is 26.4. The van der Waals surface area contributed by atoms with Crippen molar-refractivity contribution < 1.29 is 38.3 Å². The van der Waals surface area contributed by atoms with Crippen LogP contribution >= 0.6 is 0 Å². The number of rotatable bonds is 9. The molecular weight excluding hydrogens is 474 g/mol. The number of hydrogen-bond donors (Lipinski definition) is 2. The molecule has 5 amide bonds. The molecule has 2 fully saturated rings. The summed E-state index contributed by atoms with van der Waals surface area (Å²) < 4.78 is 5.02. The zero-order valence-electron chi connectivity index (χ0n) is 19.9. The van der Waals surface area contributed by atoms with E-state index in [1.807, 2.05) is 0 Å². The van der Waals surface area contributed by atoms with E-state index in [4.69, 9.17) is 4.74 Å². The minimum absolute atomic E-state index is 0.0638. The molecule has 1 aromatic rings. The van der Waals surface area contributed by atoms with Gasteiger partial charge in [0.1, 0.15) is 23.9 Å². The number of methoxy groups -OCH3 is 1. The molecular formula is C23H27N5O8. The second-order valence-corrected chi connectivity index (χ2v) is 8.36. The first-order valence-electron chi connectivity index (χ1n) is 11.3. The van der Waals surface area contributed by atoms with Gasteiger partial charge in [-0.05, 0) is 44.0 Å². The number of Topliss-reactive ketones (excluding diaryl/α,β-unsaturated/α-hetero) is 2. The Balaban J connectivity index is 1.78. The number of urea groups is 1. The van der Waals surface area contributed by atoms with Crippen LogP contribution in [0.5, 0.6) is 5.75 Å². The average molecular weight is 501 g/mol. The van der Waals surface area contributed by atoms with Gasteiger partial charge in [-0.1, -0.05) is 0 Å². The summed E-state index contributed by atoms with van der Waals surface area (Å²) >= 11 is 0. The van der Waals surface area contributed by atoms with Crippen LogP contribution in [-0.2, 0) is 24.0 Å². The van der Waals surface area contributed by atoms with Crippen molar-refractivity contribution in [1.82, 2.24) is 25.8 Å². The summed E-state index contributed by atoms with van der Waals surface area (Å²) in [4.78, 5) is 86.9. The normalized spacial score (nSPS) is 18.5. The smallest absolute Gasteiger partial charge is 0.358 e. The Morgan fingerprint density at radius 3 is 2.44 bits per heavy atom. The Bertz CT molecular complexity index is 1070. The zero-order valence-corrected chi connectivity index (χ0v) is 19.9. The van der Waals surface area contributed by atoms with Gasteiger partial charge < -0.3 is 14.8 Å². The number of ether oxygens (including phenoxy) is 1. The highest BCUT2D eigenvalue weighted by Gasteiger charge is 2.44. The quantitative estimate of drug-likeness (QED) is 0.262. The molecule has 13 heteroatoms. The second-order valence-electron chi connectivity index (χ2n) is 8.36. The first-order chi connectivity index (χ1) is 17.2. The number of ketones is 2. The molecule has 0 spiro atoms. The van der Waals surface area contributed by atoms with Crippen molar-refractivity contribution >= 4 is 41.6 Å². The first-order valence-corrected chi connectivity index (χ1v) is 11.3. The fourth-order valence-electron chi connectivity index (χ4n) is 3.98. The van der Waals surface area contributed by atoms with Crippen molar-refractivity contribution in [3.8, 4) is 5.75 Å². The van der Waals surface area contributed by atoms with Gasteiger partial charge in [0.25, 0.3) is 5.78 Å². The minimum atomic E-state index is -1.17. The molecule has 192 valence electrons. The van der Waals surface area contributed by atoms with Crippen LogP contribution in [0.4, 0.5) is 4.79 Å². The Labute approximate surface area is 206 Å². The van der Waals surface area contributed by atoms with Gasteiger partial charge in [0.05, 0.1) is 19.7 Å². The lowest BCUT2D eigenvalue weighted by Crippen LogP contribution is -2.65. The summed E-state index contributed by atoms with van der Waals surface area (Å²) in [5.74, 6) is -3.01. The number of fused-ring (bicyclic) bond motifs is 1. The van der Waals surface area contributed by atoms with Crippen LogP contribution in [0.3, 0.4) is 0 Å². The number of nitrogens with one attached hydrogen (secondary N) is 2. The molecule has 2 heterocycles. The van der Waals surface area contributed by atoms with E-state index in [0.29, 0.717) is 18.5 Å². The highest BCUT2D eigenvalue weighted by Crippen LogP contribution is 2.24. The van der Waals surface area contributed by atoms with Crippen molar-refractivity contribution in [2.45, 2.75) is 44.7 Å². The predicted octanol–water partition coefficient (Wildman–Crippen LogP) is -0.394. The van der Waals surface area contributed by atoms with Crippen LogP contribution in [0.25, 0.3) is 0 Å². The van der Waals surface area contributed by atoms with Gasteiger partial charge in [-0.2, -0.15) is 0 Å². The van der Waals surface area contributed by atoms with Gasteiger partial charge in [-0.25, -0.2) is 19.8 Å². The molecule has 2 atom stereocenters. The third-order valence-corrected chi connectivity index (χ3v) is 5.76. The first kappa shape index (κ1) is 26.3. The van der Waals surface area contributed by atoms with E-state index < -0.39 is 41.6 Å². The number of hydrogen-bond acceptors (Lipinski definition) is 8. The van der Waals surface area contributed by atoms with Crippen molar-refractivity contribution in [3.05, 3.63) is 29.8 Å². The van der Waals surface area contributed by atoms with Crippen molar-refractivity contribution in [1.29, 1.82) is 0 Å². The van der Waals surface area contributed by atoms with E-state index in [1.54, 1.807) is 0 Å². The molecule has 1 aromatic carbocycles. The van der Waals surface area contributed by atoms with E-state index in [0.717, 1.165) is 15.0 Å². The molecule has 0 aromatic heterocycles. The molecule has 2 aliphatic rings. The number of hydrazine groups is 2. The van der Waals surface area contributed by atoms with Crippen LogP contribution in [0.1, 0.15) is 43.0 Å². The molecule has 0 radical (unpaired) electrons. The molecule has 0 aliphatic carbocycles. The van der Waals surface area contributed by atoms with E-state index in [1.165, 1.54) is 38.3 Å². The molecule has 2 aliphatic heterocycles. The Kier molecular flexibility index (Phi) is 8.35. The standard InChI is InChI=1S/C23H27N5O8/c1-14(30)12-16(13-29)24-21(33)18-4-3-10-27-19(31)9-11-26(23(35)28(18)27)25-22(34)20(32)15-5-7-17(36-2)8-6-15/h5-8,13,16,18H,3-4,9-12H2,1-2H3,(H,24,33)(H,25,34). The molecule has 2 saturated heterocycles. The van der Waals surface area contributed by atoms with Gasteiger partial charge in [-0.15, -0.1) is 0 Å². The fourth-order valence-corrected chi connectivity index (χ4v) is 3.98. The maximum absolute atomic E-state index is 13.4. The minimum Gasteiger partial charge on any atom is -0.497 e. The number of carbonyl (C=O) groups is 7. The summed E-state index contributed by atoms with van der Waals surface area (Å²) in [6.45, 7) is 1.23. The van der Waals surface area contributed by atoms with Crippen molar-refractivity contribution in [2.75, 3.05) is 20.2 Å². The molecule has 0 saturated carbocycles. The van der Waals surface area contributed by atoms with Crippen LogP contribution in [-0.4, -0.2) is 88.9 Å². The third kappa shape index (κ3) is 5.85. The van der Waals surface area contributed by atoms with Crippen LogP contribution < -0.4 is 15.5 Å². The maximum atomic E-state index is 13.4. The predicted molar refractivity (Wildman–Crippen MR) is 122 cm³/mol. The van der Waals surface area contributed by atoms with E-state index in [2.05, 4.69) is 10.7 Å². The SMILES string of the molecule is COc1ccc(C(=O)C(=O)NN2CCC(=O)N3CCCC(C(=O)NC(C=O)CC(C)=O)N3C2=O)cc1. The number of benzene rings is 1. The largest absolute Gasteiger partial charge is 0.497 e. The van der Waals surface area contributed by atoms with Crippen LogP contribution in [0, 0.1) is 0 Å². The average Bonchev–Trinajstić information content (AvgIpc) is 2.99. The number of aldehydes is 1. The van der Waals surface area contributed by atoms with E-state index in [9.17, 15) is 33.6 Å². The highest BCUT2D eigenvalue weighted by molar-refractivity contribution is 6.42. The summed E-state index contributed by atoms with van der Waals surface area (Å²) in [5, 5.41) is 5.32. The van der Waals surface area contributed by atoms with Gasteiger partial charge in [0.2, 0.25) is 11.8 Å². The fraction of sp³-hybridized carbons (Fsp3) is 0.435. The van der Waals surface area contributed by atoms with Gasteiger partial charge in [-0.3, -0.25) is 29.4 Å².